The van der Waals surface area contributed by atoms with Crippen molar-refractivity contribution in [3.63, 3.8) is 0 Å². The van der Waals surface area contributed by atoms with E-state index in [0.29, 0.717) is 5.88 Å². The molecule has 0 saturated heterocycles. The van der Waals surface area contributed by atoms with Crippen molar-refractivity contribution in [1.29, 1.82) is 0 Å². The van der Waals surface area contributed by atoms with Gasteiger partial charge in [0.1, 0.15) is 5.75 Å². The summed E-state index contributed by atoms with van der Waals surface area (Å²) in [7, 11) is 3.25. The van der Waals surface area contributed by atoms with Gasteiger partial charge in [-0.2, -0.15) is 12.6 Å². The molecular weight excluding hydrogens is 198 g/mol. The Balaban J connectivity index is 2.84. The van der Waals surface area contributed by atoms with Crippen molar-refractivity contribution < 1.29 is 9.47 Å². The standard InChI is InChI=1S/C10H15NO2S/c1-12-9-7-11-10(13-2)6-8(9)4-3-5-14/h6-7,14H,3-5H2,1-2H3. The predicted molar refractivity (Wildman–Crippen MR) is 59.5 cm³/mol. The molecule has 1 aromatic heterocycles. The summed E-state index contributed by atoms with van der Waals surface area (Å²) in [5.41, 5.74) is 1.12. The Labute approximate surface area is 89.9 Å². The van der Waals surface area contributed by atoms with Crippen LogP contribution in [0.3, 0.4) is 0 Å². The molecule has 0 atom stereocenters. The van der Waals surface area contributed by atoms with Gasteiger partial charge in [0.15, 0.2) is 0 Å². The lowest BCUT2D eigenvalue weighted by Gasteiger charge is -2.08. The van der Waals surface area contributed by atoms with Gasteiger partial charge in [-0.05, 0) is 18.6 Å². The number of rotatable bonds is 5. The number of hydrogen-bond donors (Lipinski definition) is 1. The molecule has 0 fully saturated rings. The molecule has 78 valence electrons. The van der Waals surface area contributed by atoms with Crippen LogP contribution in [0.4, 0.5) is 0 Å². The molecule has 0 saturated carbocycles. The Morgan fingerprint density at radius 3 is 2.71 bits per heavy atom. The van der Waals surface area contributed by atoms with Crippen LogP contribution in [0.2, 0.25) is 0 Å². The van der Waals surface area contributed by atoms with Gasteiger partial charge < -0.3 is 9.47 Å². The van der Waals surface area contributed by atoms with E-state index in [1.165, 1.54) is 0 Å². The van der Waals surface area contributed by atoms with Gasteiger partial charge in [-0.3, -0.25) is 0 Å². The molecule has 1 rings (SSSR count). The number of ether oxygens (including phenoxy) is 2. The maximum absolute atomic E-state index is 5.20. The van der Waals surface area contributed by atoms with Crippen LogP contribution in [-0.2, 0) is 6.42 Å². The molecule has 0 aliphatic carbocycles. The van der Waals surface area contributed by atoms with E-state index < -0.39 is 0 Å². The Kier molecular flexibility index (Phi) is 4.59. The fourth-order valence-electron chi connectivity index (χ4n) is 1.22. The fourth-order valence-corrected chi connectivity index (χ4v) is 1.38. The van der Waals surface area contributed by atoms with Crippen molar-refractivity contribution in [3.05, 3.63) is 17.8 Å². The van der Waals surface area contributed by atoms with E-state index in [9.17, 15) is 0 Å². The van der Waals surface area contributed by atoms with E-state index in [1.807, 2.05) is 6.07 Å². The SMILES string of the molecule is COc1cc(CCCS)c(OC)cn1. The largest absolute Gasteiger partial charge is 0.495 e. The van der Waals surface area contributed by atoms with Crippen LogP contribution in [0.15, 0.2) is 12.3 Å². The fraction of sp³-hybridized carbons (Fsp3) is 0.500. The van der Waals surface area contributed by atoms with Crippen LogP contribution in [0.5, 0.6) is 11.6 Å². The van der Waals surface area contributed by atoms with Gasteiger partial charge in [-0.15, -0.1) is 0 Å². The Morgan fingerprint density at radius 1 is 1.36 bits per heavy atom. The van der Waals surface area contributed by atoms with Crippen molar-refractivity contribution >= 4 is 12.6 Å². The van der Waals surface area contributed by atoms with Gasteiger partial charge in [0.05, 0.1) is 20.4 Å². The highest BCUT2D eigenvalue weighted by Crippen LogP contribution is 2.22. The molecule has 0 N–H and O–H groups in total. The van der Waals surface area contributed by atoms with Crippen molar-refractivity contribution in [2.45, 2.75) is 12.8 Å². The number of pyridine rings is 1. The molecular formula is C10H15NO2S. The molecule has 1 aromatic rings. The summed E-state index contributed by atoms with van der Waals surface area (Å²) in [6.45, 7) is 0. The zero-order chi connectivity index (χ0) is 10.4. The monoisotopic (exact) mass is 213 g/mol. The third-order valence-corrected chi connectivity index (χ3v) is 2.27. The highest BCUT2D eigenvalue weighted by molar-refractivity contribution is 7.80. The number of hydrogen-bond acceptors (Lipinski definition) is 4. The van der Waals surface area contributed by atoms with Crippen LogP contribution in [0.25, 0.3) is 0 Å². The molecule has 0 unspecified atom stereocenters. The Hall–Kier alpha value is -0.900. The molecule has 0 spiro atoms. The first-order valence-corrected chi connectivity index (χ1v) is 5.12. The van der Waals surface area contributed by atoms with Crippen molar-refractivity contribution in [1.82, 2.24) is 4.98 Å². The van der Waals surface area contributed by atoms with Gasteiger partial charge in [0.25, 0.3) is 0 Å². The lowest BCUT2D eigenvalue weighted by molar-refractivity contribution is 0.384. The van der Waals surface area contributed by atoms with Crippen molar-refractivity contribution in [2.24, 2.45) is 0 Å². The summed E-state index contributed by atoms with van der Waals surface area (Å²) in [6.07, 6.45) is 3.64. The Morgan fingerprint density at radius 2 is 2.14 bits per heavy atom. The van der Waals surface area contributed by atoms with E-state index >= 15 is 0 Å². The third-order valence-electron chi connectivity index (χ3n) is 1.96. The van der Waals surface area contributed by atoms with E-state index in [4.69, 9.17) is 9.47 Å². The number of aromatic nitrogens is 1. The first kappa shape index (κ1) is 11.2. The van der Waals surface area contributed by atoms with Crippen LogP contribution in [0.1, 0.15) is 12.0 Å². The van der Waals surface area contributed by atoms with E-state index in [2.05, 4.69) is 17.6 Å². The first-order valence-electron chi connectivity index (χ1n) is 4.49. The number of aryl methyl sites for hydroxylation is 1. The minimum absolute atomic E-state index is 0.625. The summed E-state index contributed by atoms with van der Waals surface area (Å²) >= 11 is 4.18. The van der Waals surface area contributed by atoms with Crippen LogP contribution in [0, 0.1) is 0 Å². The molecule has 0 radical (unpaired) electrons. The average Bonchev–Trinajstić information content (AvgIpc) is 2.25. The zero-order valence-electron chi connectivity index (χ0n) is 8.49. The zero-order valence-corrected chi connectivity index (χ0v) is 9.38. The quantitative estimate of drug-likeness (QED) is 0.759. The van der Waals surface area contributed by atoms with E-state index in [0.717, 1.165) is 29.9 Å². The molecule has 0 aliphatic heterocycles. The molecule has 0 aliphatic rings. The predicted octanol–water partition coefficient (Wildman–Crippen LogP) is 1.96. The third kappa shape index (κ3) is 2.80. The Bertz CT molecular complexity index is 291. The van der Waals surface area contributed by atoms with Crippen molar-refractivity contribution in [3.8, 4) is 11.6 Å². The van der Waals surface area contributed by atoms with Gasteiger partial charge >= 0.3 is 0 Å². The second-order valence-electron chi connectivity index (χ2n) is 2.87. The van der Waals surface area contributed by atoms with Crippen molar-refractivity contribution in [2.75, 3.05) is 20.0 Å². The molecule has 1 heterocycles. The van der Waals surface area contributed by atoms with E-state index in [1.54, 1.807) is 20.4 Å². The van der Waals surface area contributed by atoms with Crippen LogP contribution < -0.4 is 9.47 Å². The minimum atomic E-state index is 0.625. The molecule has 14 heavy (non-hydrogen) atoms. The molecule has 3 nitrogen and oxygen atoms in total. The van der Waals surface area contributed by atoms with Crippen LogP contribution in [-0.4, -0.2) is 25.0 Å². The maximum Gasteiger partial charge on any atom is 0.213 e. The lowest BCUT2D eigenvalue weighted by atomic mass is 10.1. The summed E-state index contributed by atoms with van der Waals surface area (Å²) < 4.78 is 10.2. The summed E-state index contributed by atoms with van der Waals surface area (Å²) in [5.74, 6) is 2.31. The normalized spacial score (nSPS) is 9.93. The van der Waals surface area contributed by atoms with Gasteiger partial charge in [-0.1, -0.05) is 0 Å². The number of thiol groups is 1. The molecule has 0 amide bonds. The van der Waals surface area contributed by atoms with Gasteiger partial charge in [-0.25, -0.2) is 4.98 Å². The summed E-state index contributed by atoms with van der Waals surface area (Å²) in [4.78, 5) is 4.07. The molecule has 0 aromatic carbocycles. The molecule has 0 bridgehead atoms. The van der Waals surface area contributed by atoms with Gasteiger partial charge in [0, 0.05) is 11.6 Å². The second kappa shape index (κ2) is 5.75. The summed E-state index contributed by atoms with van der Waals surface area (Å²) in [5, 5.41) is 0. The maximum atomic E-state index is 5.20. The van der Waals surface area contributed by atoms with E-state index in [-0.39, 0.29) is 0 Å². The summed E-state index contributed by atoms with van der Waals surface area (Å²) in [6, 6.07) is 1.91. The molecule has 4 heteroatoms. The highest BCUT2D eigenvalue weighted by atomic mass is 32.1. The lowest BCUT2D eigenvalue weighted by Crippen LogP contribution is -1.96. The second-order valence-corrected chi connectivity index (χ2v) is 3.31. The number of methoxy groups -OCH3 is 2. The van der Waals surface area contributed by atoms with Gasteiger partial charge in [0.2, 0.25) is 5.88 Å². The van der Waals surface area contributed by atoms with Crippen LogP contribution >= 0.6 is 12.6 Å². The average molecular weight is 213 g/mol. The minimum Gasteiger partial charge on any atom is -0.495 e. The number of nitrogens with zero attached hydrogens (tertiary/aromatic N) is 1. The smallest absolute Gasteiger partial charge is 0.213 e. The first-order chi connectivity index (χ1) is 6.81. The topological polar surface area (TPSA) is 31.4 Å². The highest BCUT2D eigenvalue weighted by Gasteiger charge is 2.05.